The van der Waals surface area contributed by atoms with Crippen LogP contribution < -0.4 is 15.0 Å². The summed E-state index contributed by atoms with van der Waals surface area (Å²) in [6.45, 7) is 3.29. The Kier molecular flexibility index (Phi) is 5.30. The van der Waals surface area contributed by atoms with E-state index in [4.69, 9.17) is 9.72 Å². The Bertz CT molecular complexity index is 968. The minimum absolute atomic E-state index is 0.116. The zero-order valence-electron chi connectivity index (χ0n) is 16.0. The molecule has 2 heterocycles. The molecule has 6 heteroatoms. The second-order valence-electron chi connectivity index (χ2n) is 6.76. The highest BCUT2D eigenvalue weighted by atomic mass is 32.1. The molecule has 0 fully saturated rings. The van der Waals surface area contributed by atoms with Gasteiger partial charge in [0.15, 0.2) is 6.10 Å². The van der Waals surface area contributed by atoms with Gasteiger partial charge in [0, 0.05) is 18.0 Å². The maximum atomic E-state index is 12.1. The summed E-state index contributed by atoms with van der Waals surface area (Å²) < 4.78 is 5.88. The number of aromatic nitrogens is 1. The summed E-state index contributed by atoms with van der Waals surface area (Å²) in [4.78, 5) is 19.1. The summed E-state index contributed by atoms with van der Waals surface area (Å²) in [6.07, 6.45) is 0.506. The molecule has 1 amide bonds. The number of hydrogen-bond acceptors (Lipinski definition) is 5. The van der Waals surface area contributed by atoms with Crippen molar-refractivity contribution >= 4 is 22.9 Å². The minimum atomic E-state index is -0.528. The SMILES string of the molecule is CCc1ccc(-c2nc(CN3C[C@@H](C(=O)NC)Oc4ccccc43)cs2)cc1. The molecule has 4 rings (SSSR count). The van der Waals surface area contributed by atoms with Crippen LogP contribution >= 0.6 is 11.3 Å². The largest absolute Gasteiger partial charge is 0.477 e. The van der Waals surface area contributed by atoms with Crippen molar-refractivity contribution in [1.29, 1.82) is 0 Å². The average Bonchev–Trinajstić information content (AvgIpc) is 3.21. The number of aryl methyl sites for hydroxylation is 1. The van der Waals surface area contributed by atoms with Crippen LogP contribution in [0.5, 0.6) is 5.75 Å². The fourth-order valence-electron chi connectivity index (χ4n) is 3.35. The van der Waals surface area contributed by atoms with E-state index in [0.29, 0.717) is 13.1 Å². The zero-order valence-corrected chi connectivity index (χ0v) is 16.8. The number of benzene rings is 2. The smallest absolute Gasteiger partial charge is 0.262 e. The highest BCUT2D eigenvalue weighted by Gasteiger charge is 2.30. The Morgan fingerprint density at radius 1 is 1.25 bits per heavy atom. The Labute approximate surface area is 169 Å². The number of hydrogen-bond donors (Lipinski definition) is 1. The molecule has 2 aromatic carbocycles. The lowest BCUT2D eigenvalue weighted by Crippen LogP contribution is -2.47. The van der Waals surface area contributed by atoms with Crippen LogP contribution in [0.1, 0.15) is 18.2 Å². The molecule has 0 spiro atoms. The molecule has 144 valence electrons. The van der Waals surface area contributed by atoms with Crippen LogP contribution in [0.4, 0.5) is 5.69 Å². The summed E-state index contributed by atoms with van der Waals surface area (Å²) in [7, 11) is 1.63. The van der Waals surface area contributed by atoms with Crippen LogP contribution in [0.3, 0.4) is 0 Å². The molecule has 1 aliphatic rings. The van der Waals surface area contributed by atoms with Crippen molar-refractivity contribution in [2.45, 2.75) is 26.0 Å². The molecule has 0 saturated carbocycles. The number of nitrogens with zero attached hydrogens (tertiary/aromatic N) is 2. The van der Waals surface area contributed by atoms with E-state index in [1.165, 1.54) is 5.56 Å². The van der Waals surface area contributed by atoms with Gasteiger partial charge in [-0.1, -0.05) is 43.3 Å². The number of likely N-dealkylation sites (N-methyl/N-ethyl adjacent to an activating group) is 1. The van der Waals surface area contributed by atoms with Crippen molar-refractivity contribution < 1.29 is 9.53 Å². The molecule has 1 aromatic heterocycles. The van der Waals surface area contributed by atoms with Gasteiger partial charge in [0.1, 0.15) is 10.8 Å². The topological polar surface area (TPSA) is 54.5 Å². The van der Waals surface area contributed by atoms with Gasteiger partial charge in [0.2, 0.25) is 0 Å². The van der Waals surface area contributed by atoms with Crippen LogP contribution in [0, 0.1) is 0 Å². The van der Waals surface area contributed by atoms with E-state index >= 15 is 0 Å². The second-order valence-corrected chi connectivity index (χ2v) is 7.62. The van der Waals surface area contributed by atoms with Gasteiger partial charge in [0.05, 0.1) is 24.5 Å². The molecule has 0 bridgehead atoms. The van der Waals surface area contributed by atoms with Gasteiger partial charge >= 0.3 is 0 Å². The monoisotopic (exact) mass is 393 g/mol. The number of fused-ring (bicyclic) bond motifs is 1. The zero-order chi connectivity index (χ0) is 19.5. The van der Waals surface area contributed by atoms with E-state index in [0.717, 1.165) is 34.1 Å². The Balaban J connectivity index is 1.56. The van der Waals surface area contributed by atoms with Gasteiger partial charge in [-0.15, -0.1) is 11.3 Å². The third-order valence-electron chi connectivity index (χ3n) is 4.91. The van der Waals surface area contributed by atoms with E-state index in [2.05, 4.69) is 46.8 Å². The number of anilines is 1. The molecule has 0 radical (unpaired) electrons. The Hall–Kier alpha value is -2.86. The lowest BCUT2D eigenvalue weighted by molar-refractivity contribution is -0.127. The first-order chi connectivity index (χ1) is 13.7. The fraction of sp³-hybridized carbons (Fsp3) is 0.273. The number of thiazole rings is 1. The predicted molar refractivity (Wildman–Crippen MR) is 113 cm³/mol. The first-order valence-corrected chi connectivity index (χ1v) is 10.3. The molecule has 1 atom stereocenters. The summed E-state index contributed by atoms with van der Waals surface area (Å²) in [5.41, 5.74) is 4.45. The van der Waals surface area contributed by atoms with Crippen LogP contribution in [-0.2, 0) is 17.8 Å². The number of para-hydroxylation sites is 2. The highest BCUT2D eigenvalue weighted by molar-refractivity contribution is 7.13. The van der Waals surface area contributed by atoms with Crippen molar-refractivity contribution in [2.24, 2.45) is 0 Å². The fourth-order valence-corrected chi connectivity index (χ4v) is 4.16. The molecular weight excluding hydrogens is 370 g/mol. The maximum Gasteiger partial charge on any atom is 0.262 e. The van der Waals surface area contributed by atoms with Gasteiger partial charge in [-0.3, -0.25) is 4.79 Å². The van der Waals surface area contributed by atoms with E-state index in [1.54, 1.807) is 18.4 Å². The molecule has 5 nitrogen and oxygen atoms in total. The molecule has 3 aromatic rings. The molecule has 1 aliphatic heterocycles. The number of nitrogens with one attached hydrogen (secondary N) is 1. The lowest BCUT2D eigenvalue weighted by Gasteiger charge is -2.35. The number of carbonyl (C=O) groups is 1. The third-order valence-corrected chi connectivity index (χ3v) is 5.85. The van der Waals surface area contributed by atoms with Gasteiger partial charge in [-0.25, -0.2) is 4.98 Å². The average molecular weight is 394 g/mol. The molecule has 0 aliphatic carbocycles. The van der Waals surface area contributed by atoms with E-state index in [9.17, 15) is 4.79 Å². The maximum absolute atomic E-state index is 12.1. The van der Waals surface area contributed by atoms with Crippen LogP contribution in [0.2, 0.25) is 0 Å². The number of carbonyl (C=O) groups excluding carboxylic acids is 1. The summed E-state index contributed by atoms with van der Waals surface area (Å²) >= 11 is 1.65. The van der Waals surface area contributed by atoms with Crippen LogP contribution in [-0.4, -0.2) is 30.6 Å². The van der Waals surface area contributed by atoms with Crippen LogP contribution in [0.15, 0.2) is 53.9 Å². The Morgan fingerprint density at radius 2 is 2.04 bits per heavy atom. The summed E-state index contributed by atoms with van der Waals surface area (Å²) in [5.74, 6) is 0.613. The summed E-state index contributed by atoms with van der Waals surface area (Å²) in [5, 5.41) is 5.79. The molecule has 1 N–H and O–H groups in total. The number of rotatable bonds is 5. The van der Waals surface area contributed by atoms with Gasteiger partial charge < -0.3 is 15.0 Å². The molecular formula is C22H23N3O2S. The van der Waals surface area contributed by atoms with Gasteiger partial charge in [-0.2, -0.15) is 0 Å². The van der Waals surface area contributed by atoms with Crippen LogP contribution in [0.25, 0.3) is 10.6 Å². The quantitative estimate of drug-likeness (QED) is 0.715. The summed E-state index contributed by atoms with van der Waals surface area (Å²) in [6, 6.07) is 16.4. The van der Waals surface area contributed by atoms with Crippen molar-refractivity contribution in [3.8, 4) is 16.3 Å². The highest BCUT2D eigenvalue weighted by Crippen LogP contribution is 2.34. The van der Waals surface area contributed by atoms with Crippen molar-refractivity contribution in [1.82, 2.24) is 10.3 Å². The van der Waals surface area contributed by atoms with Crippen molar-refractivity contribution in [3.63, 3.8) is 0 Å². The van der Waals surface area contributed by atoms with E-state index in [-0.39, 0.29) is 5.91 Å². The molecule has 28 heavy (non-hydrogen) atoms. The predicted octanol–water partition coefficient (Wildman–Crippen LogP) is 3.89. The third kappa shape index (κ3) is 3.73. The molecule has 0 unspecified atom stereocenters. The van der Waals surface area contributed by atoms with E-state index < -0.39 is 6.10 Å². The second kappa shape index (κ2) is 8.02. The first-order valence-electron chi connectivity index (χ1n) is 9.44. The standard InChI is InChI=1S/C22H23N3O2S/c1-3-15-8-10-16(11-9-15)22-24-17(14-28-22)12-25-13-20(21(26)23-2)27-19-7-5-4-6-18(19)25/h4-11,14,20H,3,12-13H2,1-2H3,(H,23,26)/t20-/m0/s1. The number of amides is 1. The first kappa shape index (κ1) is 18.5. The Morgan fingerprint density at radius 3 is 2.79 bits per heavy atom. The normalized spacial score (nSPS) is 15.6. The lowest BCUT2D eigenvalue weighted by atomic mass is 10.1. The number of ether oxygens (including phenoxy) is 1. The van der Waals surface area contributed by atoms with Gasteiger partial charge in [-0.05, 0) is 24.1 Å². The minimum Gasteiger partial charge on any atom is -0.477 e. The molecule has 0 saturated heterocycles. The van der Waals surface area contributed by atoms with Crippen molar-refractivity contribution in [3.05, 3.63) is 65.2 Å². The van der Waals surface area contributed by atoms with Gasteiger partial charge in [0.25, 0.3) is 5.91 Å². The van der Waals surface area contributed by atoms with E-state index in [1.807, 2.05) is 24.3 Å². The van der Waals surface area contributed by atoms with Crippen molar-refractivity contribution in [2.75, 3.05) is 18.5 Å².